The highest BCUT2D eigenvalue weighted by molar-refractivity contribution is 7.89. The fourth-order valence-corrected chi connectivity index (χ4v) is 2.75. The van der Waals surface area contributed by atoms with Crippen LogP contribution < -0.4 is 10.0 Å². The van der Waals surface area contributed by atoms with Crippen molar-refractivity contribution in [3.05, 3.63) is 36.0 Å². The zero-order valence-electron chi connectivity index (χ0n) is 10.2. The summed E-state index contributed by atoms with van der Waals surface area (Å²) in [6.45, 7) is 8.08. The van der Waals surface area contributed by atoms with E-state index >= 15 is 0 Å². The Morgan fingerprint density at radius 2 is 1.94 bits per heavy atom. The van der Waals surface area contributed by atoms with Crippen molar-refractivity contribution in [2.75, 3.05) is 11.9 Å². The summed E-state index contributed by atoms with van der Waals surface area (Å²) < 4.78 is 22.7. The molecule has 0 amide bonds. The van der Waals surface area contributed by atoms with E-state index in [1.54, 1.807) is 12.1 Å². The van der Waals surface area contributed by atoms with Gasteiger partial charge in [0.1, 0.15) is 0 Å². The first-order valence-corrected chi connectivity index (χ1v) is 6.81. The fourth-order valence-electron chi connectivity index (χ4n) is 2.21. The number of nitrogens with two attached hydrogens (primary N) is 1. The average molecular weight is 252 g/mol. The van der Waals surface area contributed by atoms with Gasteiger partial charge in [0, 0.05) is 23.8 Å². The predicted molar refractivity (Wildman–Crippen MR) is 68.4 cm³/mol. The molecule has 92 valence electrons. The summed E-state index contributed by atoms with van der Waals surface area (Å²) in [5.41, 5.74) is 2.59. The number of benzene rings is 1. The highest BCUT2D eigenvalue weighted by Crippen LogP contribution is 2.46. The zero-order chi connectivity index (χ0) is 13.0. The van der Waals surface area contributed by atoms with Gasteiger partial charge in [-0.2, -0.15) is 0 Å². The molecule has 0 fully saturated rings. The van der Waals surface area contributed by atoms with E-state index in [0.29, 0.717) is 0 Å². The summed E-state index contributed by atoms with van der Waals surface area (Å²) in [6.07, 6.45) is 0. The fraction of sp³-hybridized carbons (Fsp3) is 0.333. The molecule has 0 spiro atoms. The second-order valence-corrected chi connectivity index (χ2v) is 6.42. The molecule has 4 nitrogen and oxygen atoms in total. The van der Waals surface area contributed by atoms with Crippen molar-refractivity contribution in [1.29, 1.82) is 0 Å². The number of anilines is 1. The van der Waals surface area contributed by atoms with E-state index in [4.69, 9.17) is 5.14 Å². The Morgan fingerprint density at radius 1 is 1.35 bits per heavy atom. The van der Waals surface area contributed by atoms with Gasteiger partial charge in [-0.05, 0) is 23.8 Å². The lowest BCUT2D eigenvalue weighted by Crippen LogP contribution is -2.21. The van der Waals surface area contributed by atoms with Crippen LogP contribution in [0.1, 0.15) is 19.4 Å². The predicted octanol–water partition coefficient (Wildman–Crippen LogP) is 1.58. The first-order chi connectivity index (χ1) is 7.65. The van der Waals surface area contributed by atoms with Gasteiger partial charge in [0.15, 0.2) is 0 Å². The molecular weight excluding hydrogens is 236 g/mol. The highest BCUT2D eigenvalue weighted by atomic mass is 32.2. The van der Waals surface area contributed by atoms with Crippen molar-refractivity contribution < 1.29 is 8.42 Å². The van der Waals surface area contributed by atoms with Gasteiger partial charge in [-0.1, -0.05) is 20.4 Å². The Hall–Kier alpha value is -1.33. The Bertz CT molecular complexity index is 603. The molecule has 1 aliphatic rings. The molecule has 0 saturated carbocycles. The van der Waals surface area contributed by atoms with Gasteiger partial charge in [0.25, 0.3) is 0 Å². The number of hydrogen-bond donors (Lipinski definition) is 1. The standard InChI is InChI=1S/C12H16N2O2S/c1-8-12(2,3)10-7-9(17(13,15)16)5-6-11(10)14(8)4/h5-7H,1H2,2-4H3,(H2,13,15,16). The maximum Gasteiger partial charge on any atom is 0.238 e. The Morgan fingerprint density at radius 3 is 2.47 bits per heavy atom. The average Bonchev–Trinajstić information content (AvgIpc) is 2.39. The molecule has 1 heterocycles. The Labute approximate surface area is 102 Å². The summed E-state index contributed by atoms with van der Waals surface area (Å²) in [5, 5.41) is 5.14. The minimum atomic E-state index is -3.66. The molecule has 0 unspecified atom stereocenters. The van der Waals surface area contributed by atoms with Crippen LogP contribution in [0, 0.1) is 0 Å². The number of primary sulfonamides is 1. The van der Waals surface area contributed by atoms with Crippen molar-refractivity contribution in [2.24, 2.45) is 5.14 Å². The smallest absolute Gasteiger partial charge is 0.238 e. The van der Waals surface area contributed by atoms with Gasteiger partial charge in [0.2, 0.25) is 10.0 Å². The molecule has 0 aromatic heterocycles. The van der Waals surface area contributed by atoms with E-state index in [1.165, 1.54) is 6.07 Å². The van der Waals surface area contributed by atoms with E-state index in [-0.39, 0.29) is 10.3 Å². The lowest BCUT2D eigenvalue weighted by molar-refractivity contribution is 0.597. The van der Waals surface area contributed by atoms with Gasteiger partial charge < -0.3 is 4.90 Å². The minimum Gasteiger partial charge on any atom is -0.348 e. The number of allylic oxidation sites excluding steroid dienone is 1. The van der Waals surface area contributed by atoms with Crippen LogP contribution in [-0.2, 0) is 15.4 Å². The van der Waals surface area contributed by atoms with E-state index in [2.05, 4.69) is 6.58 Å². The molecule has 1 aliphatic heterocycles. The normalized spacial score (nSPS) is 18.4. The van der Waals surface area contributed by atoms with Gasteiger partial charge in [-0.25, -0.2) is 13.6 Å². The second-order valence-electron chi connectivity index (χ2n) is 4.85. The van der Waals surface area contributed by atoms with Crippen molar-refractivity contribution in [2.45, 2.75) is 24.2 Å². The maximum absolute atomic E-state index is 11.3. The number of sulfonamides is 1. The third-order valence-electron chi connectivity index (χ3n) is 3.46. The Kier molecular flexibility index (Phi) is 2.38. The summed E-state index contributed by atoms with van der Waals surface area (Å²) in [5.74, 6) is 0. The van der Waals surface area contributed by atoms with Crippen LogP contribution in [0.25, 0.3) is 0 Å². The summed E-state index contributed by atoms with van der Waals surface area (Å²) >= 11 is 0. The lowest BCUT2D eigenvalue weighted by Gasteiger charge is -2.22. The second kappa shape index (κ2) is 3.34. The van der Waals surface area contributed by atoms with E-state index in [1.807, 2.05) is 25.8 Å². The van der Waals surface area contributed by atoms with Crippen LogP contribution in [0.4, 0.5) is 5.69 Å². The highest BCUT2D eigenvalue weighted by Gasteiger charge is 2.37. The minimum absolute atomic E-state index is 0.146. The summed E-state index contributed by atoms with van der Waals surface area (Å²) in [6, 6.07) is 4.94. The quantitative estimate of drug-likeness (QED) is 0.825. The molecule has 0 aliphatic carbocycles. The van der Waals surface area contributed by atoms with Crippen LogP contribution >= 0.6 is 0 Å². The van der Waals surface area contributed by atoms with Gasteiger partial charge >= 0.3 is 0 Å². The van der Waals surface area contributed by atoms with Crippen molar-refractivity contribution in [1.82, 2.24) is 0 Å². The molecule has 1 aromatic rings. The first kappa shape index (κ1) is 12.1. The largest absolute Gasteiger partial charge is 0.348 e. The molecule has 0 radical (unpaired) electrons. The van der Waals surface area contributed by atoms with Gasteiger partial charge in [-0.3, -0.25) is 0 Å². The maximum atomic E-state index is 11.3. The molecule has 0 atom stereocenters. The number of hydrogen-bond acceptors (Lipinski definition) is 3. The van der Waals surface area contributed by atoms with Crippen LogP contribution in [-0.4, -0.2) is 15.5 Å². The van der Waals surface area contributed by atoms with Crippen LogP contribution in [0.15, 0.2) is 35.4 Å². The molecule has 0 bridgehead atoms. The number of fused-ring (bicyclic) bond motifs is 1. The summed E-state index contributed by atoms with van der Waals surface area (Å²) in [4.78, 5) is 2.12. The molecule has 0 saturated heterocycles. The number of rotatable bonds is 1. The molecular formula is C12H16N2O2S. The molecule has 5 heteroatoms. The first-order valence-electron chi connectivity index (χ1n) is 5.26. The van der Waals surface area contributed by atoms with Crippen molar-refractivity contribution in [3.63, 3.8) is 0 Å². The van der Waals surface area contributed by atoms with E-state index < -0.39 is 10.0 Å². The van der Waals surface area contributed by atoms with Crippen LogP contribution in [0.5, 0.6) is 0 Å². The van der Waals surface area contributed by atoms with Crippen LogP contribution in [0.2, 0.25) is 0 Å². The molecule has 17 heavy (non-hydrogen) atoms. The molecule has 2 rings (SSSR count). The molecule has 2 N–H and O–H groups in total. The third-order valence-corrected chi connectivity index (χ3v) is 4.37. The number of nitrogens with zero attached hydrogens (tertiary/aromatic N) is 1. The van der Waals surface area contributed by atoms with Crippen molar-refractivity contribution in [3.8, 4) is 0 Å². The van der Waals surface area contributed by atoms with E-state index in [0.717, 1.165) is 16.9 Å². The van der Waals surface area contributed by atoms with E-state index in [9.17, 15) is 8.42 Å². The third kappa shape index (κ3) is 1.66. The lowest BCUT2D eigenvalue weighted by atomic mass is 9.84. The van der Waals surface area contributed by atoms with Crippen LogP contribution in [0.3, 0.4) is 0 Å². The summed E-state index contributed by atoms with van der Waals surface area (Å²) in [7, 11) is -1.73. The van der Waals surface area contributed by atoms with Gasteiger partial charge in [0.05, 0.1) is 4.90 Å². The Balaban J connectivity index is 2.71. The number of likely N-dealkylation sites (N-methyl/N-ethyl adjacent to an activating group) is 1. The van der Waals surface area contributed by atoms with Crippen molar-refractivity contribution >= 4 is 15.7 Å². The zero-order valence-corrected chi connectivity index (χ0v) is 11.0. The van der Waals surface area contributed by atoms with Gasteiger partial charge in [-0.15, -0.1) is 0 Å². The monoisotopic (exact) mass is 252 g/mol. The SMILES string of the molecule is C=C1N(C)c2ccc(S(N)(=O)=O)cc2C1(C)C. The topological polar surface area (TPSA) is 63.4 Å². The molecule has 1 aromatic carbocycles.